The zero-order chi connectivity index (χ0) is 17.3. The summed E-state index contributed by atoms with van der Waals surface area (Å²) >= 11 is 5.81. The predicted molar refractivity (Wildman–Crippen MR) is 98.1 cm³/mol. The van der Waals surface area contributed by atoms with Crippen molar-refractivity contribution in [1.82, 2.24) is 4.72 Å². The lowest BCUT2D eigenvalue weighted by Gasteiger charge is -2.17. The second kappa shape index (κ2) is 10.1. The monoisotopic (exact) mass is 359 g/mol. The van der Waals surface area contributed by atoms with Crippen LogP contribution in [0.3, 0.4) is 0 Å². The second-order valence-corrected chi connectivity index (χ2v) is 7.80. The molecule has 1 atom stereocenters. The molecular weight excluding hydrogens is 332 g/mol. The van der Waals surface area contributed by atoms with Crippen molar-refractivity contribution in [1.29, 1.82) is 0 Å². The summed E-state index contributed by atoms with van der Waals surface area (Å²) in [4.78, 5) is 1.54. The Morgan fingerprint density at radius 1 is 1.22 bits per heavy atom. The van der Waals surface area contributed by atoms with Gasteiger partial charge in [0.1, 0.15) is 0 Å². The Hall–Kier alpha value is -0.880. The zero-order valence-corrected chi connectivity index (χ0v) is 15.8. The molecule has 2 N–H and O–H groups in total. The van der Waals surface area contributed by atoms with Gasteiger partial charge < -0.3 is 4.90 Å². The SMILES string of the molecule is CC[NH+](CC)CCC[C@H](C)NS(=O)(=O)/C=C/c1ccc(Cl)cc1. The number of sulfonamides is 1. The average Bonchev–Trinajstić information content (AvgIpc) is 2.50. The maximum absolute atomic E-state index is 12.1. The summed E-state index contributed by atoms with van der Waals surface area (Å²) in [6.07, 6.45) is 3.44. The number of hydrogen-bond donors (Lipinski definition) is 2. The molecule has 0 aliphatic heterocycles. The van der Waals surface area contributed by atoms with Crippen molar-refractivity contribution >= 4 is 27.7 Å². The van der Waals surface area contributed by atoms with Gasteiger partial charge in [0.05, 0.1) is 19.6 Å². The molecule has 23 heavy (non-hydrogen) atoms. The first-order valence-electron chi connectivity index (χ1n) is 8.15. The van der Waals surface area contributed by atoms with Crippen molar-refractivity contribution in [3.05, 3.63) is 40.3 Å². The highest BCUT2D eigenvalue weighted by Crippen LogP contribution is 2.11. The van der Waals surface area contributed by atoms with Gasteiger partial charge in [0, 0.05) is 16.5 Å². The molecule has 4 nitrogen and oxygen atoms in total. The fourth-order valence-corrected chi connectivity index (χ4v) is 3.60. The van der Waals surface area contributed by atoms with E-state index in [-0.39, 0.29) is 6.04 Å². The molecule has 0 aliphatic rings. The van der Waals surface area contributed by atoms with Gasteiger partial charge in [-0.25, -0.2) is 13.1 Å². The Balaban J connectivity index is 2.46. The maximum atomic E-state index is 12.1. The van der Waals surface area contributed by atoms with E-state index in [9.17, 15) is 8.42 Å². The molecular formula is C17H28ClN2O2S+. The summed E-state index contributed by atoms with van der Waals surface area (Å²) in [5, 5.41) is 1.84. The smallest absolute Gasteiger partial charge is 0.233 e. The van der Waals surface area contributed by atoms with Gasteiger partial charge in [-0.3, -0.25) is 0 Å². The third kappa shape index (κ3) is 8.51. The number of halogens is 1. The molecule has 0 amide bonds. The van der Waals surface area contributed by atoms with Crippen LogP contribution < -0.4 is 9.62 Å². The predicted octanol–water partition coefficient (Wildman–Crippen LogP) is 2.32. The highest BCUT2D eigenvalue weighted by atomic mass is 35.5. The van der Waals surface area contributed by atoms with Gasteiger partial charge in [-0.05, 0) is 57.4 Å². The number of hydrogen-bond acceptors (Lipinski definition) is 2. The lowest BCUT2D eigenvalue weighted by atomic mass is 10.2. The van der Waals surface area contributed by atoms with Gasteiger partial charge in [-0.15, -0.1) is 0 Å². The minimum absolute atomic E-state index is 0.0650. The summed E-state index contributed by atoms with van der Waals surface area (Å²) in [5.41, 5.74) is 0.803. The quantitative estimate of drug-likeness (QED) is 0.673. The number of nitrogens with one attached hydrogen (secondary N) is 2. The van der Waals surface area contributed by atoms with Crippen molar-refractivity contribution in [3.8, 4) is 0 Å². The molecule has 1 aromatic carbocycles. The molecule has 0 saturated carbocycles. The Bertz CT molecular complexity index is 581. The van der Waals surface area contributed by atoms with Gasteiger partial charge >= 0.3 is 0 Å². The van der Waals surface area contributed by atoms with Crippen LogP contribution in [0.2, 0.25) is 5.02 Å². The van der Waals surface area contributed by atoms with Crippen LogP contribution in [0.25, 0.3) is 6.08 Å². The van der Waals surface area contributed by atoms with Crippen LogP contribution in [0.15, 0.2) is 29.7 Å². The topological polar surface area (TPSA) is 50.6 Å². The normalized spacial score (nSPS) is 13.8. The van der Waals surface area contributed by atoms with Crippen molar-refractivity contribution < 1.29 is 13.3 Å². The molecule has 0 fully saturated rings. The van der Waals surface area contributed by atoms with Crippen molar-refractivity contribution in [2.45, 2.75) is 39.7 Å². The summed E-state index contributed by atoms with van der Waals surface area (Å²) in [5.74, 6) is 0. The molecule has 1 rings (SSSR count). The average molecular weight is 360 g/mol. The van der Waals surface area contributed by atoms with Crippen molar-refractivity contribution in [2.24, 2.45) is 0 Å². The van der Waals surface area contributed by atoms with Crippen LogP contribution in [0.4, 0.5) is 0 Å². The third-order valence-corrected chi connectivity index (χ3v) is 5.32. The number of quaternary nitrogens is 1. The first kappa shape index (κ1) is 20.2. The van der Waals surface area contributed by atoms with E-state index >= 15 is 0 Å². The molecule has 0 saturated heterocycles. The lowest BCUT2D eigenvalue weighted by molar-refractivity contribution is -0.896. The highest BCUT2D eigenvalue weighted by Gasteiger charge is 2.12. The largest absolute Gasteiger partial charge is 0.335 e. The summed E-state index contributed by atoms with van der Waals surface area (Å²) in [6, 6.07) is 6.97. The Morgan fingerprint density at radius 3 is 2.39 bits per heavy atom. The number of rotatable bonds is 10. The fraction of sp³-hybridized carbons (Fsp3) is 0.529. The second-order valence-electron chi connectivity index (χ2n) is 5.77. The van der Waals surface area contributed by atoms with Crippen molar-refractivity contribution in [3.63, 3.8) is 0 Å². The van der Waals surface area contributed by atoms with Crippen LogP contribution in [-0.4, -0.2) is 34.1 Å². The highest BCUT2D eigenvalue weighted by molar-refractivity contribution is 7.92. The van der Waals surface area contributed by atoms with Crippen LogP contribution in [0.1, 0.15) is 39.2 Å². The van der Waals surface area contributed by atoms with E-state index < -0.39 is 10.0 Å². The van der Waals surface area contributed by atoms with E-state index in [1.54, 1.807) is 35.2 Å². The standard InChI is InChI=1S/C17H27ClN2O2S/c1-4-20(5-2)13-6-7-15(3)19-23(21,22)14-12-16-8-10-17(18)11-9-16/h8-12,14-15,19H,4-7,13H2,1-3H3/p+1/b14-12+/t15-/m0/s1. The molecule has 130 valence electrons. The van der Waals surface area contributed by atoms with Crippen LogP contribution in [-0.2, 0) is 10.0 Å². The lowest BCUT2D eigenvalue weighted by Crippen LogP contribution is -3.11. The van der Waals surface area contributed by atoms with Gasteiger partial charge in [0.15, 0.2) is 0 Å². The summed E-state index contributed by atoms with van der Waals surface area (Å²) in [7, 11) is -3.42. The number of benzene rings is 1. The molecule has 0 bridgehead atoms. The molecule has 0 radical (unpaired) electrons. The minimum Gasteiger partial charge on any atom is -0.335 e. The maximum Gasteiger partial charge on any atom is 0.233 e. The van der Waals surface area contributed by atoms with E-state index in [0.29, 0.717) is 5.02 Å². The Labute approximate surface area is 145 Å². The first-order valence-corrected chi connectivity index (χ1v) is 10.1. The molecule has 0 spiro atoms. The van der Waals surface area contributed by atoms with Gasteiger partial charge in [0.25, 0.3) is 0 Å². The molecule has 6 heteroatoms. The third-order valence-electron chi connectivity index (χ3n) is 3.84. The fourth-order valence-electron chi connectivity index (χ4n) is 2.38. The van der Waals surface area contributed by atoms with E-state index in [2.05, 4.69) is 18.6 Å². The van der Waals surface area contributed by atoms with Gasteiger partial charge in [-0.2, -0.15) is 0 Å². The van der Waals surface area contributed by atoms with Crippen LogP contribution in [0, 0.1) is 0 Å². The van der Waals surface area contributed by atoms with Crippen molar-refractivity contribution in [2.75, 3.05) is 19.6 Å². The van der Waals surface area contributed by atoms with Gasteiger partial charge in [0.2, 0.25) is 10.0 Å². The molecule has 0 aliphatic carbocycles. The van der Waals surface area contributed by atoms with E-state index in [1.807, 2.05) is 6.92 Å². The van der Waals surface area contributed by atoms with E-state index in [0.717, 1.165) is 38.0 Å². The Kier molecular flexibility index (Phi) is 8.84. The summed E-state index contributed by atoms with van der Waals surface area (Å²) < 4.78 is 26.8. The van der Waals surface area contributed by atoms with Crippen LogP contribution >= 0.6 is 11.6 Å². The van der Waals surface area contributed by atoms with E-state index in [4.69, 9.17) is 11.6 Å². The molecule has 1 aromatic rings. The molecule has 0 unspecified atom stereocenters. The van der Waals surface area contributed by atoms with E-state index in [1.165, 1.54) is 5.41 Å². The van der Waals surface area contributed by atoms with Gasteiger partial charge in [-0.1, -0.05) is 23.7 Å². The first-order chi connectivity index (χ1) is 10.9. The van der Waals surface area contributed by atoms with Crippen LogP contribution in [0.5, 0.6) is 0 Å². The molecule has 0 heterocycles. The Morgan fingerprint density at radius 2 is 1.83 bits per heavy atom. The minimum atomic E-state index is -3.42. The zero-order valence-electron chi connectivity index (χ0n) is 14.2. The molecule has 0 aromatic heterocycles. The summed E-state index contributed by atoms with van der Waals surface area (Å²) in [6.45, 7) is 9.56.